The first-order valence-electron chi connectivity index (χ1n) is 7.56. The van der Waals surface area contributed by atoms with Gasteiger partial charge in [0.25, 0.3) is 6.29 Å². The van der Waals surface area contributed by atoms with Crippen LogP contribution in [0.15, 0.2) is 11.8 Å². The summed E-state index contributed by atoms with van der Waals surface area (Å²) in [6.45, 7) is 1.32. The summed E-state index contributed by atoms with van der Waals surface area (Å²) >= 11 is 0. The van der Waals surface area contributed by atoms with E-state index in [4.69, 9.17) is 23.7 Å². The molecule has 0 aromatic rings. The highest BCUT2D eigenvalue weighted by Crippen LogP contribution is 2.61. The van der Waals surface area contributed by atoms with Gasteiger partial charge >= 0.3 is 18.0 Å². The number of rotatable bonds is 4. The van der Waals surface area contributed by atoms with E-state index in [1.807, 2.05) is 0 Å². The predicted octanol–water partition coefficient (Wildman–Crippen LogP) is 0.0924. The van der Waals surface area contributed by atoms with E-state index in [1.54, 1.807) is 0 Å². The summed E-state index contributed by atoms with van der Waals surface area (Å²) in [6.07, 6.45) is -0.0152. The average molecular weight is 341 g/mol. The molecule has 9 heteroatoms. The summed E-state index contributed by atoms with van der Waals surface area (Å²) in [5, 5.41) is 2.35. The zero-order valence-electron chi connectivity index (χ0n) is 13.6. The molecular formula is C15H19NO8. The van der Waals surface area contributed by atoms with Gasteiger partial charge in [0.1, 0.15) is 12.2 Å². The van der Waals surface area contributed by atoms with Crippen LogP contribution in [-0.4, -0.2) is 56.8 Å². The number of carbonyl (C=O) groups is 3. The van der Waals surface area contributed by atoms with Gasteiger partial charge in [0.15, 0.2) is 0 Å². The fourth-order valence-corrected chi connectivity index (χ4v) is 3.56. The van der Waals surface area contributed by atoms with Crippen molar-refractivity contribution in [2.24, 2.45) is 11.8 Å². The van der Waals surface area contributed by atoms with Crippen LogP contribution >= 0.6 is 0 Å². The average Bonchev–Trinajstić information content (AvgIpc) is 3.17. The Kier molecular flexibility index (Phi) is 4.12. The van der Waals surface area contributed by atoms with E-state index >= 15 is 0 Å². The molecule has 0 spiro atoms. The second kappa shape index (κ2) is 5.97. The lowest BCUT2D eigenvalue weighted by molar-refractivity contribution is -0.162. The Labute approximate surface area is 138 Å². The lowest BCUT2D eigenvalue weighted by atomic mass is 9.81. The van der Waals surface area contributed by atoms with Gasteiger partial charge in [-0.2, -0.15) is 0 Å². The molecule has 1 amide bonds. The van der Waals surface area contributed by atoms with Crippen molar-refractivity contribution in [1.82, 2.24) is 5.32 Å². The van der Waals surface area contributed by atoms with Gasteiger partial charge in [-0.15, -0.1) is 0 Å². The molecule has 2 aliphatic heterocycles. The summed E-state index contributed by atoms with van der Waals surface area (Å²) in [7, 11) is 2.71. The molecule has 1 aliphatic carbocycles. The van der Waals surface area contributed by atoms with Crippen molar-refractivity contribution < 1.29 is 38.1 Å². The first kappa shape index (κ1) is 16.6. The number of nitrogens with one attached hydrogen (secondary N) is 1. The number of fused-ring (bicyclic) bond motifs is 3. The Morgan fingerprint density at radius 2 is 2.17 bits per heavy atom. The van der Waals surface area contributed by atoms with E-state index in [-0.39, 0.29) is 18.6 Å². The Morgan fingerprint density at radius 1 is 1.42 bits per heavy atom. The maximum Gasteiger partial charge on any atom is 0.409 e. The van der Waals surface area contributed by atoms with Crippen molar-refractivity contribution in [2.45, 2.75) is 31.3 Å². The van der Waals surface area contributed by atoms with Crippen LogP contribution < -0.4 is 5.32 Å². The van der Waals surface area contributed by atoms with Gasteiger partial charge in [-0.1, -0.05) is 0 Å². The third-order valence-electron chi connectivity index (χ3n) is 4.69. The molecule has 1 saturated carbocycles. The van der Waals surface area contributed by atoms with E-state index < -0.39 is 35.8 Å². The smallest absolute Gasteiger partial charge is 0.409 e. The van der Waals surface area contributed by atoms with Crippen molar-refractivity contribution in [3.05, 3.63) is 11.8 Å². The van der Waals surface area contributed by atoms with Crippen molar-refractivity contribution in [3.63, 3.8) is 0 Å². The van der Waals surface area contributed by atoms with Crippen molar-refractivity contribution >= 4 is 18.0 Å². The largest absolute Gasteiger partial charge is 0.466 e. The van der Waals surface area contributed by atoms with Gasteiger partial charge in [-0.25, -0.2) is 9.59 Å². The molecule has 0 radical (unpaired) electrons. The van der Waals surface area contributed by atoms with Crippen LogP contribution in [0.3, 0.4) is 0 Å². The maximum absolute atomic E-state index is 12.0. The van der Waals surface area contributed by atoms with Gasteiger partial charge in [0, 0.05) is 19.9 Å². The maximum atomic E-state index is 12.0. The summed E-state index contributed by atoms with van der Waals surface area (Å²) in [4.78, 5) is 34.7. The number of esters is 2. The molecular weight excluding hydrogens is 322 g/mol. The summed E-state index contributed by atoms with van der Waals surface area (Å²) in [5.74, 6) is -1.69. The van der Waals surface area contributed by atoms with Crippen LogP contribution in [0.2, 0.25) is 0 Å². The number of hydrogen-bond donors (Lipinski definition) is 1. The molecule has 2 fully saturated rings. The Morgan fingerprint density at radius 3 is 2.79 bits per heavy atom. The summed E-state index contributed by atoms with van der Waals surface area (Å²) in [5.41, 5.74) is -0.458. The van der Waals surface area contributed by atoms with Gasteiger partial charge in [0.2, 0.25) is 0 Å². The normalized spacial score (nSPS) is 35.5. The van der Waals surface area contributed by atoms with Crippen LogP contribution in [0.25, 0.3) is 0 Å². The highest BCUT2D eigenvalue weighted by atomic mass is 16.7. The number of epoxide rings is 1. The standard InChI is InChI=1S/C15H19NO8/c1-7(17)22-6-15-10(24-15)4-8-9(12(18)20-3)5-21-13(11(8)15)23-14(19)16-2/h5,8,10-11,13H,4,6H2,1-3H3,(H,16,19). The van der Waals surface area contributed by atoms with Crippen molar-refractivity contribution in [1.29, 1.82) is 0 Å². The van der Waals surface area contributed by atoms with Gasteiger partial charge in [-0.05, 0) is 6.42 Å². The minimum Gasteiger partial charge on any atom is -0.466 e. The number of alkyl carbamates (subject to hydrolysis) is 1. The van der Waals surface area contributed by atoms with Crippen LogP contribution in [-0.2, 0) is 33.3 Å². The molecule has 1 saturated heterocycles. The molecule has 132 valence electrons. The number of amides is 1. The van der Waals surface area contributed by atoms with Gasteiger partial charge < -0.3 is 29.0 Å². The molecule has 3 aliphatic rings. The van der Waals surface area contributed by atoms with E-state index in [0.29, 0.717) is 12.0 Å². The molecule has 1 N–H and O–H groups in total. The van der Waals surface area contributed by atoms with Crippen molar-refractivity contribution in [2.75, 3.05) is 20.8 Å². The predicted molar refractivity (Wildman–Crippen MR) is 76.3 cm³/mol. The Bertz CT molecular complexity index is 602. The molecule has 2 heterocycles. The highest BCUT2D eigenvalue weighted by molar-refractivity contribution is 5.89. The Balaban J connectivity index is 1.87. The quantitative estimate of drug-likeness (QED) is 0.435. The van der Waals surface area contributed by atoms with Crippen LogP contribution in [0.1, 0.15) is 13.3 Å². The highest BCUT2D eigenvalue weighted by Gasteiger charge is 2.74. The van der Waals surface area contributed by atoms with E-state index in [1.165, 1.54) is 27.3 Å². The first-order valence-corrected chi connectivity index (χ1v) is 7.56. The zero-order chi connectivity index (χ0) is 17.5. The molecule has 24 heavy (non-hydrogen) atoms. The summed E-state index contributed by atoms with van der Waals surface area (Å²) in [6, 6.07) is 0. The second-order valence-electron chi connectivity index (χ2n) is 5.93. The third-order valence-corrected chi connectivity index (χ3v) is 4.69. The topological polar surface area (TPSA) is 113 Å². The third kappa shape index (κ3) is 2.58. The first-order chi connectivity index (χ1) is 11.4. The Hall–Kier alpha value is -2.29. The minimum absolute atomic E-state index is 0.0135. The molecule has 3 rings (SSSR count). The lowest BCUT2D eigenvalue weighted by Crippen LogP contribution is -2.47. The fraction of sp³-hybridized carbons (Fsp3) is 0.667. The zero-order valence-corrected chi connectivity index (χ0v) is 13.6. The number of carbonyl (C=O) groups excluding carboxylic acids is 3. The second-order valence-corrected chi connectivity index (χ2v) is 5.93. The lowest BCUT2D eigenvalue weighted by Gasteiger charge is -2.36. The van der Waals surface area contributed by atoms with Crippen LogP contribution in [0, 0.1) is 11.8 Å². The van der Waals surface area contributed by atoms with Gasteiger partial charge in [-0.3, -0.25) is 4.79 Å². The molecule has 0 bridgehead atoms. The molecule has 0 aromatic heterocycles. The SMILES string of the molecule is CNC(=O)OC1OC=C(C(=O)OC)C2CC3OC3(COC(C)=O)C12. The van der Waals surface area contributed by atoms with E-state index in [0.717, 1.165) is 0 Å². The molecule has 5 atom stereocenters. The van der Waals surface area contributed by atoms with Crippen LogP contribution in [0.4, 0.5) is 4.79 Å². The molecule has 9 nitrogen and oxygen atoms in total. The molecule has 0 aromatic carbocycles. The summed E-state index contributed by atoms with van der Waals surface area (Å²) < 4.78 is 26.3. The number of hydrogen-bond acceptors (Lipinski definition) is 8. The van der Waals surface area contributed by atoms with Crippen molar-refractivity contribution in [3.8, 4) is 0 Å². The fourth-order valence-electron chi connectivity index (χ4n) is 3.56. The van der Waals surface area contributed by atoms with Gasteiger partial charge in [0.05, 0.1) is 31.0 Å². The monoisotopic (exact) mass is 341 g/mol. The number of ether oxygens (including phenoxy) is 5. The molecule has 5 unspecified atom stereocenters. The van der Waals surface area contributed by atoms with E-state index in [9.17, 15) is 14.4 Å². The van der Waals surface area contributed by atoms with Crippen LogP contribution in [0.5, 0.6) is 0 Å². The van der Waals surface area contributed by atoms with E-state index in [2.05, 4.69) is 5.32 Å². The minimum atomic E-state index is -0.952. The number of methoxy groups -OCH3 is 1.